The van der Waals surface area contributed by atoms with Gasteiger partial charge in [-0.1, -0.05) is 19.1 Å². The van der Waals surface area contributed by atoms with Gasteiger partial charge >= 0.3 is 0 Å². The van der Waals surface area contributed by atoms with Gasteiger partial charge in [0.05, 0.1) is 12.3 Å². The van der Waals surface area contributed by atoms with E-state index in [0.29, 0.717) is 0 Å². The van der Waals surface area contributed by atoms with Gasteiger partial charge in [-0.15, -0.1) is 0 Å². The van der Waals surface area contributed by atoms with Gasteiger partial charge < -0.3 is 14.8 Å². The number of rotatable bonds is 6. The Bertz CT molecular complexity index is 348. The first-order valence-electron chi connectivity index (χ1n) is 6.93. The van der Waals surface area contributed by atoms with Gasteiger partial charge in [0.1, 0.15) is 5.75 Å². The van der Waals surface area contributed by atoms with E-state index in [0.717, 1.165) is 63.0 Å². The summed E-state index contributed by atoms with van der Waals surface area (Å²) in [6.45, 7) is 5.71. The predicted octanol–water partition coefficient (Wildman–Crippen LogP) is 3.31. The molecule has 0 aliphatic carbocycles. The maximum Gasteiger partial charge on any atom is 0.142 e. The van der Waals surface area contributed by atoms with Crippen molar-refractivity contribution >= 4 is 5.69 Å². The number of hydrogen-bond acceptors (Lipinski definition) is 3. The smallest absolute Gasteiger partial charge is 0.142 e. The summed E-state index contributed by atoms with van der Waals surface area (Å²) in [6, 6.07) is 8.18. The lowest BCUT2D eigenvalue weighted by molar-refractivity contribution is 0.0699. The molecule has 0 bridgehead atoms. The molecule has 1 aromatic carbocycles. The van der Waals surface area contributed by atoms with Crippen molar-refractivity contribution in [3.63, 3.8) is 0 Å². The van der Waals surface area contributed by atoms with Crippen molar-refractivity contribution in [2.45, 2.75) is 26.2 Å². The lowest BCUT2D eigenvalue weighted by Crippen LogP contribution is -2.22. The summed E-state index contributed by atoms with van der Waals surface area (Å²) in [4.78, 5) is 0. The molecule has 18 heavy (non-hydrogen) atoms. The molecule has 1 aliphatic rings. The van der Waals surface area contributed by atoms with Crippen molar-refractivity contribution in [3.05, 3.63) is 24.3 Å². The Morgan fingerprint density at radius 2 is 2.06 bits per heavy atom. The average molecular weight is 249 g/mol. The first-order valence-corrected chi connectivity index (χ1v) is 6.93. The Balaban J connectivity index is 1.87. The molecule has 1 aliphatic heterocycles. The van der Waals surface area contributed by atoms with Crippen molar-refractivity contribution in [1.29, 1.82) is 0 Å². The number of anilines is 1. The molecule has 3 nitrogen and oxygen atoms in total. The first kappa shape index (κ1) is 13.2. The van der Waals surface area contributed by atoms with Gasteiger partial charge in [0.25, 0.3) is 0 Å². The maximum atomic E-state index is 5.74. The Kier molecular flexibility index (Phi) is 5.34. The molecule has 0 amide bonds. The summed E-state index contributed by atoms with van der Waals surface area (Å²) in [7, 11) is 0. The van der Waals surface area contributed by atoms with Crippen LogP contribution in [0.25, 0.3) is 0 Å². The van der Waals surface area contributed by atoms with E-state index in [1.54, 1.807) is 0 Å². The van der Waals surface area contributed by atoms with Gasteiger partial charge in [-0.05, 0) is 37.3 Å². The summed E-state index contributed by atoms with van der Waals surface area (Å²) < 4.78 is 11.1. The summed E-state index contributed by atoms with van der Waals surface area (Å²) in [5.74, 6) is 1.68. The minimum Gasteiger partial charge on any atom is -0.491 e. The Morgan fingerprint density at radius 3 is 2.83 bits per heavy atom. The molecule has 1 heterocycles. The highest BCUT2D eigenvalue weighted by molar-refractivity contribution is 5.56. The van der Waals surface area contributed by atoms with Gasteiger partial charge in [-0.2, -0.15) is 0 Å². The van der Waals surface area contributed by atoms with Crippen LogP contribution in [0.15, 0.2) is 24.3 Å². The van der Waals surface area contributed by atoms with Gasteiger partial charge in [0, 0.05) is 19.8 Å². The lowest BCUT2D eigenvalue weighted by atomic mass is 10.0. The summed E-state index contributed by atoms with van der Waals surface area (Å²) in [5, 5.41) is 3.51. The predicted molar refractivity (Wildman–Crippen MR) is 74.3 cm³/mol. The minimum absolute atomic E-state index is 0.720. The monoisotopic (exact) mass is 249 g/mol. The standard InChI is InChI=1S/C15H23NO2/c1-2-9-18-15-6-4-3-5-14(15)16-12-13-7-10-17-11-8-13/h3-6,13,16H,2,7-12H2,1H3. The van der Waals surface area contributed by atoms with Crippen molar-refractivity contribution in [2.24, 2.45) is 5.92 Å². The van der Waals surface area contributed by atoms with Crippen LogP contribution in [-0.4, -0.2) is 26.4 Å². The average Bonchev–Trinajstić information content (AvgIpc) is 2.45. The van der Waals surface area contributed by atoms with Crippen molar-refractivity contribution in [1.82, 2.24) is 0 Å². The molecule has 1 aromatic rings. The Morgan fingerprint density at radius 1 is 1.28 bits per heavy atom. The van der Waals surface area contributed by atoms with Crippen molar-refractivity contribution in [3.8, 4) is 5.75 Å². The van der Waals surface area contributed by atoms with Crippen LogP contribution in [0, 0.1) is 5.92 Å². The highest BCUT2D eigenvalue weighted by Gasteiger charge is 2.14. The zero-order valence-electron chi connectivity index (χ0n) is 11.2. The molecule has 2 rings (SSSR count). The van der Waals surface area contributed by atoms with E-state index in [2.05, 4.69) is 18.3 Å². The van der Waals surface area contributed by atoms with E-state index in [-0.39, 0.29) is 0 Å². The van der Waals surface area contributed by atoms with E-state index in [9.17, 15) is 0 Å². The number of ether oxygens (including phenoxy) is 2. The minimum atomic E-state index is 0.720. The van der Waals surface area contributed by atoms with Gasteiger partial charge in [0.15, 0.2) is 0 Å². The quantitative estimate of drug-likeness (QED) is 0.839. The number of para-hydroxylation sites is 2. The summed E-state index contributed by atoms with van der Waals surface area (Å²) in [5.41, 5.74) is 1.11. The Hall–Kier alpha value is -1.22. The van der Waals surface area contributed by atoms with Crippen molar-refractivity contribution in [2.75, 3.05) is 31.7 Å². The van der Waals surface area contributed by atoms with Crippen LogP contribution in [0.3, 0.4) is 0 Å². The highest BCUT2D eigenvalue weighted by Crippen LogP contribution is 2.25. The molecule has 1 saturated heterocycles. The van der Waals surface area contributed by atoms with Gasteiger partial charge in [-0.3, -0.25) is 0 Å². The fraction of sp³-hybridized carbons (Fsp3) is 0.600. The molecular formula is C15H23NO2. The van der Waals surface area contributed by atoms with E-state index in [4.69, 9.17) is 9.47 Å². The number of hydrogen-bond donors (Lipinski definition) is 1. The lowest BCUT2D eigenvalue weighted by Gasteiger charge is -2.23. The third kappa shape index (κ3) is 3.91. The topological polar surface area (TPSA) is 30.5 Å². The molecular weight excluding hydrogens is 226 g/mol. The van der Waals surface area contributed by atoms with Crippen molar-refractivity contribution < 1.29 is 9.47 Å². The van der Waals surface area contributed by atoms with E-state index < -0.39 is 0 Å². The number of benzene rings is 1. The second-order valence-electron chi connectivity index (χ2n) is 4.78. The molecule has 0 spiro atoms. The van der Waals surface area contributed by atoms with E-state index >= 15 is 0 Å². The zero-order chi connectivity index (χ0) is 12.6. The second kappa shape index (κ2) is 7.27. The normalized spacial score (nSPS) is 16.5. The van der Waals surface area contributed by atoms with Crippen LogP contribution in [0.4, 0.5) is 5.69 Å². The SMILES string of the molecule is CCCOc1ccccc1NCC1CCOCC1. The van der Waals surface area contributed by atoms with Crippen LogP contribution in [0.1, 0.15) is 26.2 Å². The molecule has 0 unspecified atom stereocenters. The van der Waals surface area contributed by atoms with Crippen LogP contribution in [0.5, 0.6) is 5.75 Å². The zero-order valence-corrected chi connectivity index (χ0v) is 11.2. The van der Waals surface area contributed by atoms with E-state index in [1.807, 2.05) is 18.2 Å². The van der Waals surface area contributed by atoms with Crippen LogP contribution >= 0.6 is 0 Å². The first-order chi connectivity index (χ1) is 8.90. The second-order valence-corrected chi connectivity index (χ2v) is 4.78. The molecule has 1 N–H and O–H groups in total. The maximum absolute atomic E-state index is 5.74. The molecule has 100 valence electrons. The van der Waals surface area contributed by atoms with Crippen LogP contribution in [0.2, 0.25) is 0 Å². The molecule has 0 radical (unpaired) electrons. The van der Waals surface area contributed by atoms with Gasteiger partial charge in [-0.25, -0.2) is 0 Å². The van der Waals surface area contributed by atoms with Crippen LogP contribution in [-0.2, 0) is 4.74 Å². The molecule has 0 saturated carbocycles. The third-order valence-electron chi connectivity index (χ3n) is 3.27. The summed E-state index contributed by atoms with van der Waals surface area (Å²) in [6.07, 6.45) is 3.35. The third-order valence-corrected chi connectivity index (χ3v) is 3.27. The fourth-order valence-electron chi connectivity index (χ4n) is 2.16. The highest BCUT2D eigenvalue weighted by atomic mass is 16.5. The molecule has 0 aromatic heterocycles. The summed E-state index contributed by atoms with van der Waals surface area (Å²) >= 11 is 0. The largest absolute Gasteiger partial charge is 0.491 e. The number of nitrogens with one attached hydrogen (secondary N) is 1. The molecule has 0 atom stereocenters. The molecule has 1 fully saturated rings. The molecule has 3 heteroatoms. The van der Waals surface area contributed by atoms with Gasteiger partial charge in [0.2, 0.25) is 0 Å². The fourth-order valence-corrected chi connectivity index (χ4v) is 2.16. The Labute approximate surface area is 109 Å². The van der Waals surface area contributed by atoms with E-state index in [1.165, 1.54) is 0 Å². The van der Waals surface area contributed by atoms with Crippen LogP contribution < -0.4 is 10.1 Å².